The standard InChI is InChI=1S/C8H13AsOS/c1-9(2)5-7-3-4-8(6-11)10-7/h3-4,11H,5-6H2,1-2H3. The molecule has 0 amide bonds. The predicted octanol–water partition coefficient (Wildman–Crippen LogP) is 2.55. The van der Waals surface area contributed by atoms with Gasteiger partial charge < -0.3 is 0 Å². The minimum atomic E-state index is -0.572. The predicted molar refractivity (Wildman–Crippen MR) is 52.6 cm³/mol. The molecule has 0 fully saturated rings. The molecule has 1 aromatic rings. The van der Waals surface area contributed by atoms with Crippen LogP contribution in [0.2, 0.25) is 11.4 Å². The summed E-state index contributed by atoms with van der Waals surface area (Å²) in [7, 11) is 0. The average Bonchev–Trinajstić information content (AvgIpc) is 2.34. The first-order chi connectivity index (χ1) is 5.22. The van der Waals surface area contributed by atoms with Crippen LogP contribution in [-0.2, 0) is 11.0 Å². The van der Waals surface area contributed by atoms with Crippen molar-refractivity contribution in [3.8, 4) is 0 Å². The number of thiol groups is 1. The maximum atomic E-state index is 5.50. The molecule has 0 unspecified atom stereocenters. The summed E-state index contributed by atoms with van der Waals surface area (Å²) in [6.07, 6.45) is 0. The fourth-order valence-electron chi connectivity index (χ4n) is 0.904. The molecule has 0 spiro atoms. The molecule has 3 heteroatoms. The van der Waals surface area contributed by atoms with Gasteiger partial charge in [0.2, 0.25) is 0 Å². The Morgan fingerprint density at radius 1 is 1.36 bits per heavy atom. The van der Waals surface area contributed by atoms with Crippen LogP contribution in [0.1, 0.15) is 11.5 Å². The third-order valence-corrected chi connectivity index (χ3v) is 3.64. The van der Waals surface area contributed by atoms with Gasteiger partial charge in [-0.25, -0.2) is 0 Å². The molecular weight excluding hydrogens is 219 g/mol. The first-order valence-electron chi connectivity index (χ1n) is 3.55. The van der Waals surface area contributed by atoms with Gasteiger partial charge in [0.1, 0.15) is 0 Å². The number of rotatable bonds is 3. The molecule has 0 aromatic carbocycles. The molecule has 1 rings (SSSR count). The van der Waals surface area contributed by atoms with Crippen LogP contribution in [0.4, 0.5) is 0 Å². The molecule has 0 aliphatic rings. The Labute approximate surface area is 77.8 Å². The molecule has 0 radical (unpaired) electrons. The van der Waals surface area contributed by atoms with Crippen LogP contribution in [0.3, 0.4) is 0 Å². The van der Waals surface area contributed by atoms with E-state index in [1.165, 1.54) is 5.21 Å². The zero-order valence-corrected chi connectivity index (χ0v) is 9.64. The Hall–Kier alpha value is 0.188. The maximum absolute atomic E-state index is 5.50. The van der Waals surface area contributed by atoms with E-state index in [1.807, 2.05) is 6.07 Å². The van der Waals surface area contributed by atoms with Crippen molar-refractivity contribution < 1.29 is 4.42 Å². The Morgan fingerprint density at radius 3 is 2.45 bits per heavy atom. The number of hydrogen-bond donors (Lipinski definition) is 1. The van der Waals surface area contributed by atoms with Crippen LogP contribution in [0.15, 0.2) is 16.5 Å². The first-order valence-corrected chi connectivity index (χ1v) is 9.27. The van der Waals surface area contributed by atoms with E-state index in [9.17, 15) is 0 Å². The van der Waals surface area contributed by atoms with E-state index in [1.54, 1.807) is 0 Å². The van der Waals surface area contributed by atoms with Crippen LogP contribution in [0.25, 0.3) is 0 Å². The average molecular weight is 232 g/mol. The summed E-state index contributed by atoms with van der Waals surface area (Å²) in [5.41, 5.74) is 4.66. The molecule has 0 aliphatic heterocycles. The third-order valence-electron chi connectivity index (χ3n) is 1.35. The Kier molecular flexibility index (Phi) is 3.60. The topological polar surface area (TPSA) is 13.1 Å². The molecule has 0 saturated heterocycles. The second kappa shape index (κ2) is 4.27. The first kappa shape index (κ1) is 9.28. The van der Waals surface area contributed by atoms with Crippen molar-refractivity contribution in [2.24, 2.45) is 0 Å². The van der Waals surface area contributed by atoms with Gasteiger partial charge in [-0.1, -0.05) is 0 Å². The van der Waals surface area contributed by atoms with E-state index in [4.69, 9.17) is 4.42 Å². The van der Waals surface area contributed by atoms with Crippen LogP contribution in [-0.4, -0.2) is 14.7 Å². The SMILES string of the molecule is C[As](C)Cc1ccc(CS)o1. The van der Waals surface area contributed by atoms with Crippen molar-refractivity contribution in [3.63, 3.8) is 0 Å². The summed E-state index contributed by atoms with van der Waals surface area (Å²) >= 11 is 3.56. The second-order valence-corrected chi connectivity index (χ2v) is 8.27. The van der Waals surface area contributed by atoms with E-state index < -0.39 is 14.7 Å². The summed E-state index contributed by atoms with van der Waals surface area (Å²) in [5.74, 6) is 2.83. The molecule has 0 atom stereocenters. The van der Waals surface area contributed by atoms with Crippen molar-refractivity contribution in [2.75, 3.05) is 0 Å². The summed E-state index contributed by atoms with van der Waals surface area (Å²) in [6.45, 7) is 0. The summed E-state index contributed by atoms with van der Waals surface area (Å²) in [6, 6.07) is 4.08. The van der Waals surface area contributed by atoms with Gasteiger partial charge in [-0.2, -0.15) is 0 Å². The van der Waals surface area contributed by atoms with Gasteiger partial charge in [0, 0.05) is 0 Å². The molecule has 62 valence electrons. The molecule has 0 aliphatic carbocycles. The van der Waals surface area contributed by atoms with Crippen molar-refractivity contribution in [2.45, 2.75) is 22.4 Å². The summed E-state index contributed by atoms with van der Waals surface area (Å²) in [5, 5.41) is 1.17. The molecule has 0 saturated carbocycles. The monoisotopic (exact) mass is 232 g/mol. The molecule has 1 aromatic heterocycles. The quantitative estimate of drug-likeness (QED) is 0.624. The van der Waals surface area contributed by atoms with Crippen molar-refractivity contribution in [1.29, 1.82) is 0 Å². The molecule has 11 heavy (non-hydrogen) atoms. The van der Waals surface area contributed by atoms with E-state index in [-0.39, 0.29) is 0 Å². The van der Waals surface area contributed by atoms with Crippen LogP contribution < -0.4 is 0 Å². The van der Waals surface area contributed by atoms with E-state index in [0.717, 1.165) is 11.5 Å². The van der Waals surface area contributed by atoms with Gasteiger partial charge >= 0.3 is 77.7 Å². The van der Waals surface area contributed by atoms with E-state index in [0.29, 0.717) is 5.75 Å². The Bertz CT molecular complexity index is 220. The van der Waals surface area contributed by atoms with Gasteiger partial charge in [-0.15, -0.1) is 0 Å². The molecule has 0 N–H and O–H groups in total. The summed E-state index contributed by atoms with van der Waals surface area (Å²) < 4.78 is 5.50. The van der Waals surface area contributed by atoms with E-state index in [2.05, 4.69) is 30.1 Å². The van der Waals surface area contributed by atoms with Crippen molar-refractivity contribution >= 4 is 27.3 Å². The van der Waals surface area contributed by atoms with Crippen molar-refractivity contribution in [3.05, 3.63) is 23.7 Å². The zero-order valence-electron chi connectivity index (χ0n) is 6.87. The molecule has 1 heterocycles. The van der Waals surface area contributed by atoms with Gasteiger partial charge in [0.25, 0.3) is 0 Å². The minimum absolute atomic E-state index is 0.572. The fraction of sp³-hybridized carbons (Fsp3) is 0.500. The molecule has 1 nitrogen and oxygen atoms in total. The van der Waals surface area contributed by atoms with Crippen LogP contribution >= 0.6 is 12.6 Å². The Morgan fingerprint density at radius 2 is 2.00 bits per heavy atom. The van der Waals surface area contributed by atoms with Gasteiger partial charge in [0.15, 0.2) is 0 Å². The molecular formula is C8H13AsOS. The van der Waals surface area contributed by atoms with Crippen LogP contribution in [0, 0.1) is 0 Å². The van der Waals surface area contributed by atoms with Crippen LogP contribution in [0.5, 0.6) is 0 Å². The van der Waals surface area contributed by atoms with Gasteiger partial charge in [-0.05, 0) is 0 Å². The van der Waals surface area contributed by atoms with Crippen molar-refractivity contribution in [1.82, 2.24) is 0 Å². The Balaban J connectivity index is 2.58. The number of hydrogen-bond acceptors (Lipinski definition) is 2. The second-order valence-electron chi connectivity index (χ2n) is 2.76. The summed E-state index contributed by atoms with van der Waals surface area (Å²) in [4.78, 5) is 0. The van der Waals surface area contributed by atoms with Gasteiger partial charge in [0.05, 0.1) is 0 Å². The molecule has 0 bridgehead atoms. The number of furan rings is 1. The zero-order chi connectivity index (χ0) is 8.27. The third kappa shape index (κ3) is 2.96. The fourth-order valence-corrected chi connectivity index (χ4v) is 2.74. The normalized spacial score (nSPS) is 10.9. The van der Waals surface area contributed by atoms with Gasteiger partial charge in [-0.3, -0.25) is 0 Å². The van der Waals surface area contributed by atoms with E-state index >= 15 is 0 Å².